The van der Waals surface area contributed by atoms with Crippen molar-refractivity contribution in [1.29, 1.82) is 0 Å². The third kappa shape index (κ3) is 3.68. The number of hydrogen-bond donors (Lipinski definition) is 0. The largest absolute Gasteiger partial charge is 0.871 e. The highest BCUT2D eigenvalue weighted by Gasteiger charge is 2.50. The van der Waals surface area contributed by atoms with Crippen LogP contribution in [0.2, 0.25) is 0 Å². The Balaban J connectivity index is 2.34. The lowest BCUT2D eigenvalue weighted by Gasteiger charge is -2.19. The van der Waals surface area contributed by atoms with Crippen LogP contribution >= 0.6 is 0 Å². The lowest BCUT2D eigenvalue weighted by Crippen LogP contribution is -2.26. The molecule has 0 saturated carbocycles. The Morgan fingerprint density at radius 1 is 0.741 bits per heavy atom. The molecule has 0 radical (unpaired) electrons. The summed E-state index contributed by atoms with van der Waals surface area (Å²) in [6, 6.07) is 20.5. The zero-order valence-corrected chi connectivity index (χ0v) is 15.3. The van der Waals surface area contributed by atoms with E-state index in [1.54, 1.807) is 60.7 Å². The Morgan fingerprint density at radius 2 is 1.22 bits per heavy atom. The van der Waals surface area contributed by atoms with Crippen molar-refractivity contribution < 1.29 is 26.7 Å². The molecule has 27 heavy (non-hydrogen) atoms. The van der Waals surface area contributed by atoms with E-state index in [2.05, 4.69) is 0 Å². The van der Waals surface area contributed by atoms with Crippen molar-refractivity contribution >= 4 is 20.7 Å². The van der Waals surface area contributed by atoms with Crippen LogP contribution in [0, 0.1) is 0 Å². The summed E-state index contributed by atoms with van der Waals surface area (Å²) in [5.74, 6) is -1.17. The standard InChI is InChI=1S/C19H13F3O3S2/c20-19(21,22)27(24,25)18-16(23)12-7-13-17(18)26(14-8-3-1-4-9-14)15-10-5-2-6-11-15/h1-13H. The lowest BCUT2D eigenvalue weighted by atomic mass is 10.3. The molecule has 0 bridgehead atoms. The van der Waals surface area contributed by atoms with Crippen LogP contribution in [-0.4, -0.2) is 13.9 Å². The van der Waals surface area contributed by atoms with E-state index in [-0.39, 0.29) is 4.90 Å². The third-order valence-electron chi connectivity index (χ3n) is 3.69. The molecule has 3 rings (SSSR count). The van der Waals surface area contributed by atoms with Crippen LogP contribution in [0.3, 0.4) is 0 Å². The van der Waals surface area contributed by atoms with Crippen LogP contribution in [0.25, 0.3) is 0 Å². The summed E-state index contributed by atoms with van der Waals surface area (Å²) >= 11 is 0. The second kappa shape index (κ2) is 7.28. The fourth-order valence-electron chi connectivity index (χ4n) is 2.54. The van der Waals surface area contributed by atoms with E-state index >= 15 is 0 Å². The predicted octanol–water partition coefficient (Wildman–Crippen LogP) is 4.15. The maximum Gasteiger partial charge on any atom is 0.502 e. The monoisotopic (exact) mass is 410 g/mol. The Hall–Kier alpha value is -2.45. The zero-order valence-electron chi connectivity index (χ0n) is 13.7. The molecule has 0 aliphatic heterocycles. The Labute approximate surface area is 157 Å². The third-order valence-corrected chi connectivity index (χ3v) is 7.66. The fraction of sp³-hybridized carbons (Fsp3) is 0.0526. The highest BCUT2D eigenvalue weighted by atomic mass is 32.2. The molecule has 0 N–H and O–H groups in total. The summed E-state index contributed by atoms with van der Waals surface area (Å²) in [6.07, 6.45) is 0. The molecule has 3 nitrogen and oxygen atoms in total. The summed E-state index contributed by atoms with van der Waals surface area (Å²) < 4.78 is 64.0. The van der Waals surface area contributed by atoms with Crippen LogP contribution in [0.15, 0.2) is 98.4 Å². The summed E-state index contributed by atoms with van der Waals surface area (Å²) in [6.45, 7) is 0. The first kappa shape index (κ1) is 19.3. The number of alkyl halides is 3. The van der Waals surface area contributed by atoms with Gasteiger partial charge >= 0.3 is 5.51 Å². The molecule has 140 valence electrons. The molecule has 0 saturated heterocycles. The minimum Gasteiger partial charge on any atom is -0.871 e. The van der Waals surface area contributed by atoms with Gasteiger partial charge in [-0.15, -0.1) is 0 Å². The van der Waals surface area contributed by atoms with Crippen molar-refractivity contribution in [2.75, 3.05) is 0 Å². The van der Waals surface area contributed by atoms with E-state index in [1.807, 2.05) is 0 Å². The van der Waals surface area contributed by atoms with Crippen LogP contribution in [0.5, 0.6) is 5.75 Å². The van der Waals surface area contributed by atoms with Gasteiger partial charge in [-0.25, -0.2) is 8.42 Å². The predicted molar refractivity (Wildman–Crippen MR) is 94.2 cm³/mol. The minimum absolute atomic E-state index is 0.169. The van der Waals surface area contributed by atoms with Crippen LogP contribution in [0.1, 0.15) is 0 Å². The second-order valence-corrected chi connectivity index (χ2v) is 9.34. The fourth-order valence-corrected chi connectivity index (χ4v) is 6.16. The number of halogens is 3. The summed E-state index contributed by atoms with van der Waals surface area (Å²) in [4.78, 5) is -0.174. The molecule has 0 atom stereocenters. The zero-order chi connectivity index (χ0) is 19.7. The van der Waals surface area contributed by atoms with Gasteiger partial charge in [-0.1, -0.05) is 54.3 Å². The van der Waals surface area contributed by atoms with Crippen molar-refractivity contribution in [2.24, 2.45) is 0 Å². The van der Waals surface area contributed by atoms with Gasteiger partial charge in [0.05, 0.1) is 0 Å². The van der Waals surface area contributed by atoms with Crippen molar-refractivity contribution in [3.63, 3.8) is 0 Å². The molecule has 3 aromatic carbocycles. The molecule has 0 spiro atoms. The van der Waals surface area contributed by atoms with E-state index in [9.17, 15) is 26.7 Å². The van der Waals surface area contributed by atoms with E-state index in [1.165, 1.54) is 12.1 Å². The van der Waals surface area contributed by atoms with Gasteiger partial charge in [-0.3, -0.25) is 0 Å². The topological polar surface area (TPSA) is 57.2 Å². The molecular formula is C19H13F3O3S2. The molecule has 0 amide bonds. The first-order chi connectivity index (χ1) is 12.7. The molecule has 0 aromatic heterocycles. The average Bonchev–Trinajstić information content (AvgIpc) is 2.63. The first-order valence-electron chi connectivity index (χ1n) is 7.69. The van der Waals surface area contributed by atoms with E-state index < -0.39 is 36.9 Å². The molecule has 0 heterocycles. The lowest BCUT2D eigenvalue weighted by molar-refractivity contribution is -0.273. The van der Waals surface area contributed by atoms with Gasteiger partial charge < -0.3 is 5.11 Å². The van der Waals surface area contributed by atoms with Gasteiger partial charge in [-0.2, -0.15) is 13.2 Å². The highest BCUT2D eigenvalue weighted by molar-refractivity contribution is 7.98. The van der Waals surface area contributed by atoms with Gasteiger partial charge in [-0.05, 0) is 30.3 Å². The van der Waals surface area contributed by atoms with E-state index in [0.29, 0.717) is 9.79 Å². The number of benzene rings is 3. The Kier molecular flexibility index (Phi) is 5.21. The normalized spacial score (nSPS) is 12.3. The molecule has 0 aliphatic rings. The number of hydrogen-bond acceptors (Lipinski definition) is 3. The van der Waals surface area contributed by atoms with E-state index in [4.69, 9.17) is 0 Å². The smallest absolute Gasteiger partial charge is 0.502 e. The van der Waals surface area contributed by atoms with Crippen molar-refractivity contribution in [2.45, 2.75) is 25.1 Å². The van der Waals surface area contributed by atoms with Crippen LogP contribution in [-0.2, 0) is 20.7 Å². The summed E-state index contributed by atoms with van der Waals surface area (Å²) in [5.41, 5.74) is -5.56. The quantitative estimate of drug-likeness (QED) is 0.607. The molecule has 3 aromatic rings. The van der Waals surface area contributed by atoms with Gasteiger partial charge in [0.2, 0.25) is 0 Å². The average molecular weight is 410 g/mol. The van der Waals surface area contributed by atoms with Gasteiger partial charge in [0, 0.05) is 0 Å². The number of rotatable bonds is 4. The highest BCUT2D eigenvalue weighted by Crippen LogP contribution is 2.42. The van der Waals surface area contributed by atoms with E-state index in [0.717, 1.165) is 6.07 Å². The SMILES string of the molecule is O=S(=O)(c1c([O-])cccc1[S+](c1ccccc1)c1ccccc1)C(F)(F)F. The molecule has 0 unspecified atom stereocenters. The maximum absolute atomic E-state index is 13.2. The molecular weight excluding hydrogens is 397 g/mol. The number of sulfone groups is 1. The van der Waals surface area contributed by atoms with Gasteiger partial charge in [0.15, 0.2) is 14.7 Å². The van der Waals surface area contributed by atoms with Gasteiger partial charge in [0.25, 0.3) is 9.84 Å². The molecule has 0 fully saturated rings. The van der Waals surface area contributed by atoms with Crippen molar-refractivity contribution in [1.82, 2.24) is 0 Å². The van der Waals surface area contributed by atoms with Gasteiger partial charge in [0.1, 0.15) is 15.8 Å². The van der Waals surface area contributed by atoms with Crippen LogP contribution in [0.4, 0.5) is 13.2 Å². The Morgan fingerprint density at radius 3 is 1.67 bits per heavy atom. The summed E-state index contributed by atoms with van der Waals surface area (Å²) in [5, 5.41) is 12.2. The Bertz CT molecular complexity index is 995. The van der Waals surface area contributed by atoms with Crippen LogP contribution < -0.4 is 5.11 Å². The minimum atomic E-state index is -5.80. The molecule has 0 aliphatic carbocycles. The van der Waals surface area contributed by atoms with Crippen molar-refractivity contribution in [3.8, 4) is 5.75 Å². The van der Waals surface area contributed by atoms with Crippen molar-refractivity contribution in [3.05, 3.63) is 78.9 Å². The summed E-state index contributed by atoms with van der Waals surface area (Å²) in [7, 11) is -7.00. The maximum atomic E-state index is 13.2. The first-order valence-corrected chi connectivity index (χ1v) is 10.4. The molecule has 8 heteroatoms. The second-order valence-electron chi connectivity index (χ2n) is 5.46.